The van der Waals surface area contributed by atoms with Crippen molar-refractivity contribution < 1.29 is 13.6 Å². The van der Waals surface area contributed by atoms with Crippen LogP contribution in [-0.2, 0) is 19.5 Å². The van der Waals surface area contributed by atoms with Crippen molar-refractivity contribution in [3.8, 4) is 0 Å². The predicted octanol–water partition coefficient (Wildman–Crippen LogP) is 3.48. The van der Waals surface area contributed by atoms with E-state index in [1.165, 1.54) is 10.4 Å². The fraction of sp³-hybridized carbons (Fsp3) is 0.381. The number of carbonyl (C=O) groups excluding carboxylic acids is 1. The minimum Gasteiger partial charge on any atom is -0.342 e. The van der Waals surface area contributed by atoms with Gasteiger partial charge in [0.2, 0.25) is 0 Å². The summed E-state index contributed by atoms with van der Waals surface area (Å²) in [6.07, 6.45) is 0.761. The summed E-state index contributed by atoms with van der Waals surface area (Å²) in [6, 6.07) is 4.47. The number of carbonyl (C=O) groups is 1. The van der Waals surface area contributed by atoms with Crippen LogP contribution >= 0.6 is 11.3 Å². The third-order valence-corrected chi connectivity index (χ3v) is 6.40. The topological polar surface area (TPSA) is 63.1 Å². The minimum atomic E-state index is -0.763. The number of hydrogen-bond donors (Lipinski definition) is 1. The Morgan fingerprint density at radius 3 is 2.83 bits per heavy atom. The van der Waals surface area contributed by atoms with Gasteiger partial charge in [-0.1, -0.05) is 0 Å². The fourth-order valence-corrected chi connectivity index (χ4v) is 4.59. The van der Waals surface area contributed by atoms with Gasteiger partial charge in [0.25, 0.3) is 5.91 Å². The Morgan fingerprint density at radius 2 is 2.07 bits per heavy atom. The Bertz CT molecular complexity index is 1060. The van der Waals surface area contributed by atoms with Crippen LogP contribution in [0.25, 0.3) is 0 Å². The number of halogens is 2. The molecule has 30 heavy (non-hydrogen) atoms. The van der Waals surface area contributed by atoms with E-state index in [1.807, 2.05) is 4.57 Å². The number of aryl methyl sites for hydroxylation is 1. The first-order valence-electron chi connectivity index (χ1n) is 9.85. The highest BCUT2D eigenvalue weighted by Gasteiger charge is 2.24. The molecule has 0 spiro atoms. The molecular weight excluding hydrogens is 408 g/mol. The monoisotopic (exact) mass is 431 g/mol. The lowest BCUT2D eigenvalue weighted by atomic mass is 10.1. The zero-order valence-corrected chi connectivity index (χ0v) is 17.7. The lowest BCUT2D eigenvalue weighted by Gasteiger charge is -2.20. The molecule has 4 rings (SSSR count). The Balaban J connectivity index is 1.45. The van der Waals surface area contributed by atoms with Gasteiger partial charge in [0, 0.05) is 37.5 Å². The SMILES string of the molecule is Cc1ccsc1CN1CCc2nnc([C@H](C)NC(=O)c3cc(F)ccc3F)n2CC1. The molecule has 0 aliphatic carbocycles. The largest absolute Gasteiger partial charge is 0.342 e. The molecule has 0 bridgehead atoms. The average molecular weight is 432 g/mol. The Hall–Kier alpha value is -2.65. The van der Waals surface area contributed by atoms with Gasteiger partial charge in [0.1, 0.15) is 17.5 Å². The Morgan fingerprint density at radius 1 is 1.23 bits per heavy atom. The average Bonchev–Trinajstić information content (AvgIpc) is 3.26. The van der Waals surface area contributed by atoms with E-state index >= 15 is 0 Å². The number of rotatable bonds is 5. The van der Waals surface area contributed by atoms with E-state index in [0.717, 1.165) is 50.1 Å². The van der Waals surface area contributed by atoms with Crippen molar-refractivity contribution in [2.45, 2.75) is 39.4 Å². The second kappa shape index (κ2) is 8.61. The molecule has 0 saturated heterocycles. The van der Waals surface area contributed by atoms with E-state index in [4.69, 9.17) is 0 Å². The molecular formula is C21H23F2N5OS. The van der Waals surface area contributed by atoms with Gasteiger partial charge in [-0.3, -0.25) is 9.69 Å². The zero-order chi connectivity index (χ0) is 21.3. The highest BCUT2D eigenvalue weighted by atomic mass is 32.1. The van der Waals surface area contributed by atoms with Gasteiger partial charge in [-0.15, -0.1) is 21.5 Å². The summed E-state index contributed by atoms with van der Waals surface area (Å²) in [5.74, 6) is -0.620. The molecule has 1 aliphatic rings. The van der Waals surface area contributed by atoms with Crippen molar-refractivity contribution in [1.29, 1.82) is 0 Å². The van der Waals surface area contributed by atoms with Crippen LogP contribution in [0, 0.1) is 18.6 Å². The highest BCUT2D eigenvalue weighted by Crippen LogP contribution is 2.21. The van der Waals surface area contributed by atoms with Gasteiger partial charge in [0.05, 0.1) is 11.6 Å². The smallest absolute Gasteiger partial charge is 0.254 e. The van der Waals surface area contributed by atoms with Gasteiger partial charge in [0.15, 0.2) is 5.82 Å². The summed E-state index contributed by atoms with van der Waals surface area (Å²) in [4.78, 5) is 16.2. The van der Waals surface area contributed by atoms with Gasteiger partial charge in [-0.2, -0.15) is 0 Å². The second-order valence-corrected chi connectivity index (χ2v) is 8.50. The molecule has 3 aromatic rings. The van der Waals surface area contributed by atoms with Gasteiger partial charge in [-0.25, -0.2) is 8.78 Å². The van der Waals surface area contributed by atoms with E-state index in [9.17, 15) is 13.6 Å². The first-order chi connectivity index (χ1) is 14.4. The van der Waals surface area contributed by atoms with E-state index < -0.39 is 23.6 Å². The van der Waals surface area contributed by atoms with Crippen LogP contribution in [0.3, 0.4) is 0 Å². The summed E-state index contributed by atoms with van der Waals surface area (Å²) in [6.45, 7) is 7.23. The normalized spacial score (nSPS) is 15.5. The molecule has 158 valence electrons. The summed E-state index contributed by atoms with van der Waals surface area (Å²) >= 11 is 1.77. The van der Waals surface area contributed by atoms with Crippen LogP contribution in [0.4, 0.5) is 8.78 Å². The minimum absolute atomic E-state index is 0.324. The number of nitrogens with zero attached hydrogens (tertiary/aromatic N) is 4. The van der Waals surface area contributed by atoms with E-state index in [0.29, 0.717) is 12.4 Å². The lowest BCUT2D eigenvalue weighted by Crippen LogP contribution is -2.30. The van der Waals surface area contributed by atoms with Crippen molar-refractivity contribution in [2.24, 2.45) is 0 Å². The highest BCUT2D eigenvalue weighted by molar-refractivity contribution is 7.10. The molecule has 1 amide bonds. The fourth-order valence-electron chi connectivity index (χ4n) is 3.65. The molecule has 3 heterocycles. The maximum absolute atomic E-state index is 13.9. The number of aromatic nitrogens is 3. The summed E-state index contributed by atoms with van der Waals surface area (Å²) in [5.41, 5.74) is 0.986. The molecule has 0 radical (unpaired) electrons. The van der Waals surface area contributed by atoms with Crippen LogP contribution in [0.2, 0.25) is 0 Å². The van der Waals surface area contributed by atoms with Crippen LogP contribution in [0.1, 0.15) is 45.4 Å². The predicted molar refractivity (Wildman–Crippen MR) is 110 cm³/mol. The molecule has 9 heteroatoms. The van der Waals surface area contributed by atoms with Crippen molar-refractivity contribution in [1.82, 2.24) is 25.0 Å². The molecule has 1 N–H and O–H groups in total. The van der Waals surface area contributed by atoms with Gasteiger partial charge < -0.3 is 9.88 Å². The third kappa shape index (κ3) is 4.27. The Labute approximate surface area is 177 Å². The summed E-state index contributed by atoms with van der Waals surface area (Å²) in [7, 11) is 0. The number of benzene rings is 1. The molecule has 1 atom stereocenters. The van der Waals surface area contributed by atoms with Crippen LogP contribution in [0.5, 0.6) is 0 Å². The lowest BCUT2D eigenvalue weighted by molar-refractivity contribution is 0.0933. The molecule has 0 unspecified atom stereocenters. The van der Waals surface area contributed by atoms with E-state index in [-0.39, 0.29) is 5.56 Å². The molecule has 0 fully saturated rings. The van der Waals surface area contributed by atoms with Crippen LogP contribution in [-0.4, -0.2) is 38.7 Å². The molecule has 2 aromatic heterocycles. The number of amides is 1. The number of fused-ring (bicyclic) bond motifs is 1. The van der Waals surface area contributed by atoms with E-state index in [1.54, 1.807) is 18.3 Å². The molecule has 0 saturated carbocycles. The van der Waals surface area contributed by atoms with E-state index in [2.05, 4.69) is 38.8 Å². The standard InChI is InChI=1S/C21H23F2N5OS/c1-13-6-10-30-18(13)12-27-7-5-19-25-26-20(28(19)9-8-27)14(2)24-21(29)16-11-15(22)3-4-17(16)23/h3-4,6,10-11,14H,5,7-9,12H2,1-2H3,(H,24,29)/t14-/m0/s1. The zero-order valence-electron chi connectivity index (χ0n) is 16.9. The molecule has 1 aliphatic heterocycles. The van der Waals surface area contributed by atoms with Crippen LogP contribution in [0.15, 0.2) is 29.6 Å². The number of thiophene rings is 1. The molecule has 6 nitrogen and oxygen atoms in total. The maximum atomic E-state index is 13.9. The quantitative estimate of drug-likeness (QED) is 0.672. The van der Waals surface area contributed by atoms with Crippen molar-refractivity contribution in [2.75, 3.05) is 13.1 Å². The first kappa shape index (κ1) is 20.6. The Kier molecular flexibility index (Phi) is 5.92. The molecule has 1 aromatic carbocycles. The van der Waals surface area contributed by atoms with Crippen molar-refractivity contribution in [3.05, 3.63) is 68.9 Å². The number of hydrogen-bond acceptors (Lipinski definition) is 5. The summed E-state index contributed by atoms with van der Waals surface area (Å²) in [5, 5.41) is 13.4. The van der Waals surface area contributed by atoms with Gasteiger partial charge >= 0.3 is 0 Å². The van der Waals surface area contributed by atoms with Crippen molar-refractivity contribution in [3.63, 3.8) is 0 Å². The first-order valence-corrected chi connectivity index (χ1v) is 10.7. The van der Waals surface area contributed by atoms with Gasteiger partial charge in [-0.05, 0) is 49.1 Å². The third-order valence-electron chi connectivity index (χ3n) is 5.39. The van der Waals surface area contributed by atoms with Crippen molar-refractivity contribution >= 4 is 17.2 Å². The van der Waals surface area contributed by atoms with Crippen LogP contribution < -0.4 is 5.32 Å². The maximum Gasteiger partial charge on any atom is 0.254 e. The number of nitrogens with one attached hydrogen (secondary N) is 1. The summed E-state index contributed by atoms with van der Waals surface area (Å²) < 4.78 is 29.3. The second-order valence-electron chi connectivity index (χ2n) is 7.50.